The molecule has 0 saturated carbocycles. The van der Waals surface area contributed by atoms with E-state index in [0.29, 0.717) is 0 Å². The van der Waals surface area contributed by atoms with Crippen molar-refractivity contribution in [2.75, 3.05) is 4.90 Å². The van der Waals surface area contributed by atoms with E-state index < -0.39 is 0 Å². The van der Waals surface area contributed by atoms with E-state index in [0.717, 1.165) is 17.1 Å². The van der Waals surface area contributed by atoms with E-state index in [-0.39, 0.29) is 5.41 Å². The third-order valence-electron chi connectivity index (χ3n) is 12.3. The van der Waals surface area contributed by atoms with Crippen LogP contribution in [0.25, 0.3) is 75.8 Å². The predicted molar refractivity (Wildman–Crippen MR) is 253 cm³/mol. The maximum Gasteiger partial charge on any atom is 0.0555 e. The minimum Gasteiger partial charge on any atom is -0.309 e. The van der Waals surface area contributed by atoms with Crippen molar-refractivity contribution >= 4 is 48.6 Å². The first kappa shape index (κ1) is 35.2. The van der Waals surface area contributed by atoms with Gasteiger partial charge in [-0.2, -0.15) is 0 Å². The van der Waals surface area contributed by atoms with Gasteiger partial charge in [-0.25, -0.2) is 0 Å². The fraction of sp³-hybridized carbons (Fsp3) is 0.0526. The van der Waals surface area contributed by atoms with Gasteiger partial charge in [0.1, 0.15) is 0 Å². The van der Waals surface area contributed by atoms with Crippen molar-refractivity contribution in [1.29, 1.82) is 0 Å². The van der Waals surface area contributed by atoms with Crippen LogP contribution in [0.3, 0.4) is 0 Å². The molecule has 1 aliphatic carbocycles. The lowest BCUT2D eigenvalue weighted by molar-refractivity contribution is 0.662. The van der Waals surface area contributed by atoms with Gasteiger partial charge in [-0.05, 0) is 97.6 Å². The third kappa shape index (κ3) is 5.74. The summed E-state index contributed by atoms with van der Waals surface area (Å²) in [5.74, 6) is 0. The minimum absolute atomic E-state index is 0.141. The van der Waals surface area contributed by atoms with Gasteiger partial charge in [0.2, 0.25) is 0 Å². The summed E-state index contributed by atoms with van der Waals surface area (Å²) in [6.07, 6.45) is 0. The van der Waals surface area contributed by atoms with Crippen molar-refractivity contribution in [3.8, 4) is 55.6 Å². The highest BCUT2D eigenvalue weighted by molar-refractivity contribution is 7.26. The van der Waals surface area contributed by atoms with Gasteiger partial charge in [0, 0.05) is 36.8 Å². The Hall–Kier alpha value is -7.00. The second-order valence-electron chi connectivity index (χ2n) is 16.0. The SMILES string of the molecule is CC1(C)c2ccccc2-c2cccc(-c3cccc(N(c4cccc(-c5ccccc5)c4-c4ccccc4-c4ccccc4)c4cccc5sc6ccccc6c45)c3)c21. The molecule has 0 N–H and O–H groups in total. The van der Waals surface area contributed by atoms with Crippen LogP contribution in [0.1, 0.15) is 25.0 Å². The number of anilines is 3. The zero-order valence-corrected chi connectivity index (χ0v) is 33.9. The summed E-state index contributed by atoms with van der Waals surface area (Å²) < 4.78 is 2.56. The van der Waals surface area contributed by atoms with Crippen molar-refractivity contribution in [3.63, 3.8) is 0 Å². The molecule has 9 aromatic carbocycles. The molecule has 0 unspecified atom stereocenters. The van der Waals surface area contributed by atoms with Crippen LogP contribution in [-0.2, 0) is 5.41 Å². The van der Waals surface area contributed by atoms with E-state index in [1.165, 1.54) is 86.9 Å². The Kier molecular flexibility index (Phi) is 8.43. The second kappa shape index (κ2) is 14.1. The molecule has 0 bridgehead atoms. The van der Waals surface area contributed by atoms with Crippen LogP contribution in [0.2, 0.25) is 0 Å². The van der Waals surface area contributed by atoms with Crippen molar-refractivity contribution in [2.45, 2.75) is 19.3 Å². The maximum absolute atomic E-state index is 2.54. The highest BCUT2D eigenvalue weighted by atomic mass is 32.1. The predicted octanol–water partition coefficient (Wildman–Crippen LogP) is 16.5. The van der Waals surface area contributed by atoms with Crippen molar-refractivity contribution in [3.05, 3.63) is 223 Å². The molecule has 0 radical (unpaired) electrons. The van der Waals surface area contributed by atoms with E-state index in [1.807, 2.05) is 11.3 Å². The summed E-state index contributed by atoms with van der Waals surface area (Å²) in [5, 5.41) is 2.54. The first-order valence-corrected chi connectivity index (χ1v) is 21.3. The van der Waals surface area contributed by atoms with Crippen LogP contribution in [0.5, 0.6) is 0 Å². The van der Waals surface area contributed by atoms with Gasteiger partial charge < -0.3 is 4.90 Å². The molecule has 0 aliphatic heterocycles. The minimum atomic E-state index is -0.141. The van der Waals surface area contributed by atoms with E-state index in [4.69, 9.17) is 0 Å². The number of fused-ring (bicyclic) bond motifs is 6. The third-order valence-corrected chi connectivity index (χ3v) is 13.4. The lowest BCUT2D eigenvalue weighted by Crippen LogP contribution is -2.16. The first-order chi connectivity index (χ1) is 29.1. The molecule has 0 saturated heterocycles. The molecule has 59 heavy (non-hydrogen) atoms. The molecule has 11 rings (SSSR count). The van der Waals surface area contributed by atoms with Crippen LogP contribution in [0.4, 0.5) is 17.1 Å². The fourth-order valence-corrected chi connectivity index (χ4v) is 10.8. The molecular formula is C57H41NS. The summed E-state index contributed by atoms with van der Waals surface area (Å²) in [6.45, 7) is 4.76. The second-order valence-corrected chi connectivity index (χ2v) is 17.1. The lowest BCUT2D eigenvalue weighted by Gasteiger charge is -2.31. The van der Waals surface area contributed by atoms with Crippen molar-refractivity contribution in [2.24, 2.45) is 0 Å². The normalized spacial score (nSPS) is 12.7. The molecule has 1 nitrogen and oxygen atoms in total. The average molecular weight is 772 g/mol. The molecule has 1 aliphatic rings. The van der Waals surface area contributed by atoms with E-state index >= 15 is 0 Å². The summed E-state index contributed by atoms with van der Waals surface area (Å²) in [7, 11) is 0. The fourth-order valence-electron chi connectivity index (χ4n) is 9.69. The number of thiophene rings is 1. The Morgan fingerprint density at radius 3 is 1.75 bits per heavy atom. The number of rotatable bonds is 7. The highest BCUT2D eigenvalue weighted by Gasteiger charge is 2.37. The Morgan fingerprint density at radius 2 is 0.932 bits per heavy atom. The van der Waals surface area contributed by atoms with E-state index in [9.17, 15) is 0 Å². The molecule has 0 amide bonds. The van der Waals surface area contributed by atoms with Crippen molar-refractivity contribution in [1.82, 2.24) is 0 Å². The Morgan fingerprint density at radius 1 is 0.390 bits per heavy atom. The molecule has 10 aromatic rings. The van der Waals surface area contributed by atoms with Crippen LogP contribution in [0, 0.1) is 0 Å². The summed E-state index contributed by atoms with van der Waals surface area (Å²) in [5.41, 5.74) is 18.3. The number of hydrogen-bond donors (Lipinski definition) is 0. The zero-order valence-electron chi connectivity index (χ0n) is 33.1. The molecule has 0 fully saturated rings. The van der Waals surface area contributed by atoms with Gasteiger partial charge >= 0.3 is 0 Å². The molecule has 1 aromatic heterocycles. The zero-order chi connectivity index (χ0) is 39.5. The molecule has 0 spiro atoms. The molecule has 280 valence electrons. The monoisotopic (exact) mass is 771 g/mol. The van der Waals surface area contributed by atoms with Gasteiger partial charge in [-0.3, -0.25) is 0 Å². The smallest absolute Gasteiger partial charge is 0.0555 e. The highest BCUT2D eigenvalue weighted by Crippen LogP contribution is 2.54. The van der Waals surface area contributed by atoms with Crippen molar-refractivity contribution < 1.29 is 0 Å². The van der Waals surface area contributed by atoms with Gasteiger partial charge in [-0.15, -0.1) is 11.3 Å². The molecule has 0 atom stereocenters. The number of benzene rings is 9. The van der Waals surface area contributed by atoms with Crippen LogP contribution in [0.15, 0.2) is 212 Å². The van der Waals surface area contributed by atoms with Gasteiger partial charge in [0.25, 0.3) is 0 Å². The summed E-state index contributed by atoms with van der Waals surface area (Å²) in [4.78, 5) is 2.54. The van der Waals surface area contributed by atoms with Gasteiger partial charge in [0.15, 0.2) is 0 Å². The standard InChI is InChI=1S/C57H41NS/c1-57(2)49-32-13-11-26-45(49)47-31-16-30-44(56(47)57)40-23-15-24-41(37-40)58(51-34-18-36-53-55(51)48-28-12-14-35-52(48)59-53)50-33-17-29-43(39-21-7-4-8-22-39)54(50)46-27-10-9-25-42(46)38-19-5-3-6-20-38/h3-37H,1-2H3. The van der Waals surface area contributed by atoms with Gasteiger partial charge in [-0.1, -0.05) is 190 Å². The lowest BCUT2D eigenvalue weighted by atomic mass is 9.79. The Bertz CT molecular complexity index is 3190. The van der Waals surface area contributed by atoms with Crippen LogP contribution < -0.4 is 4.90 Å². The molecular weight excluding hydrogens is 731 g/mol. The summed E-state index contributed by atoms with van der Waals surface area (Å²) >= 11 is 1.86. The van der Waals surface area contributed by atoms with E-state index in [2.05, 4.69) is 231 Å². The van der Waals surface area contributed by atoms with Gasteiger partial charge in [0.05, 0.1) is 11.4 Å². The van der Waals surface area contributed by atoms with E-state index in [1.54, 1.807) is 0 Å². The Balaban J connectivity index is 1.22. The topological polar surface area (TPSA) is 3.24 Å². The molecule has 2 heteroatoms. The largest absolute Gasteiger partial charge is 0.309 e. The number of hydrogen-bond acceptors (Lipinski definition) is 2. The average Bonchev–Trinajstić information content (AvgIpc) is 3.80. The first-order valence-electron chi connectivity index (χ1n) is 20.4. The maximum atomic E-state index is 2.54. The Labute approximate surface area is 350 Å². The van der Waals surface area contributed by atoms with Crippen LogP contribution >= 0.6 is 11.3 Å². The number of nitrogens with zero attached hydrogens (tertiary/aromatic N) is 1. The molecule has 1 heterocycles. The quantitative estimate of drug-likeness (QED) is 0.156. The summed E-state index contributed by atoms with van der Waals surface area (Å²) in [6, 6.07) is 78.2. The van der Waals surface area contributed by atoms with Crippen LogP contribution in [-0.4, -0.2) is 0 Å².